The van der Waals surface area contributed by atoms with Crippen LogP contribution in [0.3, 0.4) is 0 Å². The van der Waals surface area contributed by atoms with Crippen molar-refractivity contribution in [1.29, 1.82) is 0 Å². The first-order valence-corrected chi connectivity index (χ1v) is 8.75. The van der Waals surface area contributed by atoms with Crippen LogP contribution in [0.2, 0.25) is 0 Å². The summed E-state index contributed by atoms with van der Waals surface area (Å²) in [7, 11) is 0. The van der Waals surface area contributed by atoms with Crippen molar-refractivity contribution in [2.24, 2.45) is 0 Å². The molecular weight excluding hydrogens is 318 g/mol. The highest BCUT2D eigenvalue weighted by Gasteiger charge is 2.26. The van der Waals surface area contributed by atoms with Gasteiger partial charge in [0.25, 0.3) is 0 Å². The second-order valence-corrected chi connectivity index (χ2v) is 6.46. The number of hydrogen-bond acceptors (Lipinski definition) is 2. The first-order valence-electron chi connectivity index (χ1n) is 8.75. The van der Waals surface area contributed by atoms with Crippen molar-refractivity contribution in [2.45, 2.75) is 12.5 Å². The third-order valence-electron chi connectivity index (χ3n) is 4.79. The van der Waals surface area contributed by atoms with Crippen LogP contribution in [0.15, 0.2) is 61.2 Å². The summed E-state index contributed by atoms with van der Waals surface area (Å²) in [6.45, 7) is 8.66. The summed E-state index contributed by atoms with van der Waals surface area (Å²) in [6, 6.07) is 13.3. The van der Waals surface area contributed by atoms with E-state index in [1.807, 2.05) is 30.3 Å². The number of halogens is 2. The molecule has 2 aromatic rings. The van der Waals surface area contributed by atoms with Gasteiger partial charge in [-0.25, -0.2) is 8.78 Å². The van der Waals surface area contributed by atoms with E-state index in [0.29, 0.717) is 0 Å². The van der Waals surface area contributed by atoms with Crippen LogP contribution in [-0.4, -0.2) is 42.5 Å². The molecule has 0 radical (unpaired) electrons. The highest BCUT2D eigenvalue weighted by atomic mass is 19.1. The Kier molecular flexibility index (Phi) is 5.95. The Balaban J connectivity index is 1.81. The van der Waals surface area contributed by atoms with Crippen LogP contribution in [0, 0.1) is 11.6 Å². The molecule has 0 aliphatic carbocycles. The molecule has 4 heteroatoms. The first kappa shape index (κ1) is 17.8. The summed E-state index contributed by atoms with van der Waals surface area (Å²) in [5, 5.41) is 0. The van der Waals surface area contributed by atoms with Crippen molar-refractivity contribution in [1.82, 2.24) is 9.80 Å². The SMILES string of the molecule is C=CCCN1CCN(C(c2ccc(F)cc2)c2ccc(F)cc2)CC1. The lowest BCUT2D eigenvalue weighted by Gasteiger charge is -2.39. The highest BCUT2D eigenvalue weighted by molar-refractivity contribution is 5.32. The molecule has 2 aromatic carbocycles. The van der Waals surface area contributed by atoms with Gasteiger partial charge >= 0.3 is 0 Å². The van der Waals surface area contributed by atoms with Crippen LogP contribution in [0.25, 0.3) is 0 Å². The Morgan fingerprint density at radius 2 is 1.32 bits per heavy atom. The highest BCUT2D eigenvalue weighted by Crippen LogP contribution is 2.30. The fourth-order valence-corrected chi connectivity index (χ4v) is 3.42. The van der Waals surface area contributed by atoms with E-state index in [1.165, 1.54) is 24.3 Å². The van der Waals surface area contributed by atoms with Crippen molar-refractivity contribution >= 4 is 0 Å². The number of rotatable bonds is 6. The van der Waals surface area contributed by atoms with E-state index in [1.54, 1.807) is 0 Å². The average molecular weight is 342 g/mol. The van der Waals surface area contributed by atoms with Crippen molar-refractivity contribution in [2.75, 3.05) is 32.7 Å². The van der Waals surface area contributed by atoms with E-state index >= 15 is 0 Å². The zero-order valence-electron chi connectivity index (χ0n) is 14.4. The van der Waals surface area contributed by atoms with Gasteiger partial charge in [0.15, 0.2) is 0 Å². The zero-order chi connectivity index (χ0) is 17.6. The second-order valence-electron chi connectivity index (χ2n) is 6.46. The second kappa shape index (κ2) is 8.37. The van der Waals surface area contributed by atoms with Gasteiger partial charge in [-0.1, -0.05) is 30.3 Å². The maximum Gasteiger partial charge on any atom is 0.123 e. The lowest BCUT2D eigenvalue weighted by Crippen LogP contribution is -2.47. The monoisotopic (exact) mass is 342 g/mol. The fraction of sp³-hybridized carbons (Fsp3) is 0.333. The predicted octanol–water partition coefficient (Wildman–Crippen LogP) is 4.25. The van der Waals surface area contributed by atoms with Crippen LogP contribution in [0.4, 0.5) is 8.78 Å². The Morgan fingerprint density at radius 3 is 1.76 bits per heavy atom. The van der Waals surface area contributed by atoms with Gasteiger partial charge in [-0.2, -0.15) is 0 Å². The van der Waals surface area contributed by atoms with Gasteiger partial charge in [0.05, 0.1) is 6.04 Å². The van der Waals surface area contributed by atoms with E-state index in [9.17, 15) is 8.78 Å². The fourth-order valence-electron chi connectivity index (χ4n) is 3.42. The van der Waals surface area contributed by atoms with Gasteiger partial charge in [-0.3, -0.25) is 4.90 Å². The van der Waals surface area contributed by atoms with E-state index in [4.69, 9.17) is 0 Å². The summed E-state index contributed by atoms with van der Waals surface area (Å²) >= 11 is 0. The molecule has 0 aromatic heterocycles. The van der Waals surface area contributed by atoms with Crippen molar-refractivity contribution in [3.63, 3.8) is 0 Å². The Bertz CT molecular complexity index is 629. The van der Waals surface area contributed by atoms with E-state index in [0.717, 1.165) is 50.3 Å². The molecule has 0 N–H and O–H groups in total. The summed E-state index contributed by atoms with van der Waals surface area (Å²) in [5.74, 6) is -0.480. The largest absolute Gasteiger partial charge is 0.300 e. The van der Waals surface area contributed by atoms with Gasteiger partial charge in [-0.05, 0) is 41.8 Å². The minimum absolute atomic E-state index is 0.0164. The minimum atomic E-state index is -0.240. The Hall–Kier alpha value is -2.04. The van der Waals surface area contributed by atoms with E-state index < -0.39 is 0 Å². The molecule has 25 heavy (non-hydrogen) atoms. The molecule has 1 aliphatic rings. The van der Waals surface area contributed by atoms with Gasteiger partial charge in [0, 0.05) is 32.7 Å². The van der Waals surface area contributed by atoms with Crippen molar-refractivity contribution in [3.05, 3.63) is 83.9 Å². The standard InChI is InChI=1S/C21H24F2N2/c1-2-3-12-24-13-15-25(16-14-24)21(17-4-8-19(22)9-5-17)18-6-10-20(23)11-7-18/h2,4-11,21H,1,3,12-16H2. The zero-order valence-corrected chi connectivity index (χ0v) is 14.4. The van der Waals surface area contributed by atoms with Gasteiger partial charge in [-0.15, -0.1) is 6.58 Å². The quantitative estimate of drug-likeness (QED) is 0.724. The third-order valence-corrected chi connectivity index (χ3v) is 4.79. The third kappa shape index (κ3) is 4.53. The molecule has 1 saturated heterocycles. The summed E-state index contributed by atoms with van der Waals surface area (Å²) in [4.78, 5) is 4.83. The summed E-state index contributed by atoms with van der Waals surface area (Å²) in [6.07, 6.45) is 2.95. The molecule has 0 bridgehead atoms. The Labute approximate surface area is 148 Å². The van der Waals surface area contributed by atoms with Crippen LogP contribution in [-0.2, 0) is 0 Å². The smallest absolute Gasteiger partial charge is 0.123 e. The molecule has 0 spiro atoms. The van der Waals surface area contributed by atoms with E-state index in [-0.39, 0.29) is 17.7 Å². The molecule has 0 amide bonds. The van der Waals surface area contributed by atoms with Crippen LogP contribution in [0.1, 0.15) is 23.6 Å². The average Bonchev–Trinajstić information content (AvgIpc) is 2.64. The van der Waals surface area contributed by atoms with Gasteiger partial charge in [0.2, 0.25) is 0 Å². The molecule has 0 atom stereocenters. The molecule has 132 valence electrons. The molecule has 1 heterocycles. The number of nitrogens with zero attached hydrogens (tertiary/aromatic N) is 2. The van der Waals surface area contributed by atoms with Gasteiger partial charge in [0.1, 0.15) is 11.6 Å². The summed E-state index contributed by atoms with van der Waals surface area (Å²) < 4.78 is 26.7. The molecule has 3 rings (SSSR count). The van der Waals surface area contributed by atoms with Crippen molar-refractivity contribution in [3.8, 4) is 0 Å². The lowest BCUT2D eigenvalue weighted by molar-refractivity contribution is 0.111. The van der Waals surface area contributed by atoms with Crippen LogP contribution < -0.4 is 0 Å². The molecule has 0 unspecified atom stereocenters. The number of benzene rings is 2. The van der Waals surface area contributed by atoms with Crippen LogP contribution >= 0.6 is 0 Å². The first-order chi connectivity index (χ1) is 12.2. The maximum absolute atomic E-state index is 13.3. The molecule has 1 aliphatic heterocycles. The summed E-state index contributed by atoms with van der Waals surface area (Å²) in [5.41, 5.74) is 2.07. The number of piperazine rings is 1. The van der Waals surface area contributed by atoms with Gasteiger partial charge < -0.3 is 4.90 Å². The normalized spacial score (nSPS) is 16.3. The van der Waals surface area contributed by atoms with Crippen molar-refractivity contribution < 1.29 is 8.78 Å². The predicted molar refractivity (Wildman–Crippen MR) is 97.5 cm³/mol. The molecule has 2 nitrogen and oxygen atoms in total. The molecule has 0 saturated carbocycles. The topological polar surface area (TPSA) is 6.48 Å². The molecular formula is C21H24F2N2. The van der Waals surface area contributed by atoms with E-state index in [2.05, 4.69) is 16.4 Å². The number of hydrogen-bond donors (Lipinski definition) is 0. The van der Waals surface area contributed by atoms with Crippen LogP contribution in [0.5, 0.6) is 0 Å². The Morgan fingerprint density at radius 1 is 0.840 bits per heavy atom. The lowest BCUT2D eigenvalue weighted by atomic mass is 9.96. The molecule has 1 fully saturated rings. The minimum Gasteiger partial charge on any atom is -0.300 e. The maximum atomic E-state index is 13.3.